The van der Waals surface area contributed by atoms with Crippen molar-refractivity contribution in [2.45, 2.75) is 52.4 Å². The van der Waals surface area contributed by atoms with Crippen LogP contribution in [0.2, 0.25) is 0 Å². The van der Waals surface area contributed by atoms with E-state index in [4.69, 9.17) is 18.9 Å². The topological polar surface area (TPSA) is 71.1 Å². The van der Waals surface area contributed by atoms with Gasteiger partial charge in [0.25, 0.3) is 0 Å². The molecule has 0 saturated carbocycles. The minimum atomic E-state index is -0.500. The van der Waals surface area contributed by atoms with E-state index in [9.17, 15) is 9.59 Å². The van der Waals surface area contributed by atoms with Crippen LogP contribution >= 0.6 is 0 Å². The maximum atomic E-state index is 12.5. The minimum absolute atomic E-state index is 0.331. The van der Waals surface area contributed by atoms with Crippen molar-refractivity contribution in [3.8, 4) is 23.0 Å². The Bertz CT molecular complexity index is 1070. The lowest BCUT2D eigenvalue weighted by molar-refractivity contribution is 0.0730. The number of benzene rings is 3. The zero-order valence-corrected chi connectivity index (χ0v) is 21.0. The van der Waals surface area contributed by atoms with Crippen LogP contribution in [0.4, 0.5) is 0 Å². The fraction of sp³-hybridized carbons (Fsp3) is 0.333. The van der Waals surface area contributed by atoms with E-state index in [1.165, 1.54) is 32.1 Å². The smallest absolute Gasteiger partial charge is 0.343 e. The molecule has 0 unspecified atom stereocenters. The molecular weight excluding hydrogens is 456 g/mol. The SMILES string of the molecule is CCCCCCCCOc1ccc(OC(=O)c2ccc(OC(=O)c3ccc(OCC)cc3)cc2)cc1. The first-order chi connectivity index (χ1) is 17.6. The second kappa shape index (κ2) is 14.6. The maximum Gasteiger partial charge on any atom is 0.343 e. The summed E-state index contributed by atoms with van der Waals surface area (Å²) < 4.78 is 22.0. The molecule has 0 spiro atoms. The third kappa shape index (κ3) is 8.77. The van der Waals surface area contributed by atoms with Crippen LogP contribution in [-0.4, -0.2) is 25.2 Å². The Morgan fingerprint density at radius 1 is 0.528 bits per heavy atom. The first-order valence-corrected chi connectivity index (χ1v) is 12.6. The number of unbranched alkanes of at least 4 members (excludes halogenated alkanes) is 5. The van der Waals surface area contributed by atoms with Crippen molar-refractivity contribution in [3.63, 3.8) is 0 Å². The molecular formula is C30H34O6. The Kier molecular flexibility index (Phi) is 10.8. The summed E-state index contributed by atoms with van der Waals surface area (Å²) in [4.78, 5) is 24.8. The average molecular weight is 491 g/mol. The predicted octanol–water partition coefficient (Wildman–Crippen LogP) is 7.26. The highest BCUT2D eigenvalue weighted by Crippen LogP contribution is 2.21. The van der Waals surface area contributed by atoms with E-state index < -0.39 is 11.9 Å². The number of carbonyl (C=O) groups is 2. The summed E-state index contributed by atoms with van der Waals surface area (Å²) >= 11 is 0. The molecule has 0 amide bonds. The minimum Gasteiger partial charge on any atom is -0.494 e. The Morgan fingerprint density at radius 3 is 1.47 bits per heavy atom. The van der Waals surface area contributed by atoms with Crippen LogP contribution in [0.1, 0.15) is 73.1 Å². The van der Waals surface area contributed by atoms with Crippen LogP contribution in [0, 0.1) is 0 Å². The molecule has 0 N–H and O–H groups in total. The lowest BCUT2D eigenvalue weighted by atomic mass is 10.1. The Morgan fingerprint density at radius 2 is 0.944 bits per heavy atom. The molecule has 190 valence electrons. The van der Waals surface area contributed by atoms with E-state index in [0.29, 0.717) is 41.6 Å². The molecule has 36 heavy (non-hydrogen) atoms. The maximum absolute atomic E-state index is 12.5. The van der Waals surface area contributed by atoms with Crippen molar-refractivity contribution in [2.24, 2.45) is 0 Å². The molecule has 0 bridgehead atoms. The van der Waals surface area contributed by atoms with Gasteiger partial charge in [0.1, 0.15) is 23.0 Å². The van der Waals surface area contributed by atoms with Gasteiger partial charge in [-0.15, -0.1) is 0 Å². The van der Waals surface area contributed by atoms with E-state index in [-0.39, 0.29) is 0 Å². The molecule has 0 atom stereocenters. The van der Waals surface area contributed by atoms with Crippen molar-refractivity contribution in [1.29, 1.82) is 0 Å². The molecule has 3 rings (SSSR count). The van der Waals surface area contributed by atoms with Gasteiger partial charge in [0, 0.05) is 0 Å². The first kappa shape index (κ1) is 26.8. The molecule has 0 radical (unpaired) electrons. The highest BCUT2D eigenvalue weighted by molar-refractivity contribution is 5.92. The summed E-state index contributed by atoms with van der Waals surface area (Å²) in [5.41, 5.74) is 0.751. The second-order valence-corrected chi connectivity index (χ2v) is 8.35. The molecule has 6 nitrogen and oxygen atoms in total. The van der Waals surface area contributed by atoms with E-state index in [1.807, 2.05) is 6.92 Å². The Labute approximate surface area is 213 Å². The number of rotatable bonds is 14. The highest BCUT2D eigenvalue weighted by Gasteiger charge is 2.12. The van der Waals surface area contributed by atoms with Gasteiger partial charge in [-0.2, -0.15) is 0 Å². The molecule has 6 heteroatoms. The van der Waals surface area contributed by atoms with Crippen LogP contribution in [0.5, 0.6) is 23.0 Å². The third-order valence-corrected chi connectivity index (χ3v) is 5.50. The summed E-state index contributed by atoms with van der Waals surface area (Å²) in [6.07, 6.45) is 7.29. The molecule has 0 aliphatic rings. The predicted molar refractivity (Wildman–Crippen MR) is 139 cm³/mol. The number of ether oxygens (including phenoxy) is 4. The van der Waals surface area contributed by atoms with Crippen molar-refractivity contribution in [1.82, 2.24) is 0 Å². The monoisotopic (exact) mass is 490 g/mol. The van der Waals surface area contributed by atoms with Crippen molar-refractivity contribution >= 4 is 11.9 Å². The molecule has 3 aromatic rings. The number of carbonyl (C=O) groups excluding carboxylic acids is 2. The molecule has 0 saturated heterocycles. The Hall–Kier alpha value is -3.80. The molecule has 0 aromatic heterocycles. The normalized spacial score (nSPS) is 10.5. The van der Waals surface area contributed by atoms with Gasteiger partial charge < -0.3 is 18.9 Å². The van der Waals surface area contributed by atoms with Gasteiger partial charge in [0.15, 0.2) is 0 Å². The number of hydrogen-bond donors (Lipinski definition) is 0. The second-order valence-electron chi connectivity index (χ2n) is 8.35. The molecule has 0 aliphatic heterocycles. The molecule has 0 aliphatic carbocycles. The van der Waals surface area contributed by atoms with Gasteiger partial charge in [-0.3, -0.25) is 0 Å². The van der Waals surface area contributed by atoms with Crippen LogP contribution in [-0.2, 0) is 0 Å². The first-order valence-electron chi connectivity index (χ1n) is 12.6. The van der Waals surface area contributed by atoms with E-state index in [0.717, 1.165) is 12.2 Å². The van der Waals surface area contributed by atoms with Gasteiger partial charge in [0.2, 0.25) is 0 Å². The van der Waals surface area contributed by atoms with Gasteiger partial charge in [-0.25, -0.2) is 9.59 Å². The van der Waals surface area contributed by atoms with Gasteiger partial charge >= 0.3 is 11.9 Å². The average Bonchev–Trinajstić information content (AvgIpc) is 2.90. The third-order valence-electron chi connectivity index (χ3n) is 5.50. The fourth-order valence-corrected chi connectivity index (χ4v) is 3.52. The number of hydrogen-bond acceptors (Lipinski definition) is 6. The fourth-order valence-electron chi connectivity index (χ4n) is 3.52. The Balaban J connectivity index is 1.44. The number of esters is 2. The van der Waals surface area contributed by atoms with Crippen LogP contribution in [0.15, 0.2) is 72.8 Å². The van der Waals surface area contributed by atoms with Gasteiger partial charge in [0.05, 0.1) is 24.3 Å². The summed E-state index contributed by atoms with van der Waals surface area (Å²) in [5.74, 6) is 1.21. The van der Waals surface area contributed by atoms with Crippen LogP contribution in [0.3, 0.4) is 0 Å². The molecule has 3 aromatic carbocycles. The summed E-state index contributed by atoms with van der Waals surface area (Å²) in [6, 6.07) is 20.0. The summed E-state index contributed by atoms with van der Waals surface area (Å²) in [6.45, 7) is 5.34. The summed E-state index contributed by atoms with van der Waals surface area (Å²) in [7, 11) is 0. The van der Waals surface area contributed by atoms with Crippen molar-refractivity contribution in [2.75, 3.05) is 13.2 Å². The summed E-state index contributed by atoms with van der Waals surface area (Å²) in [5, 5.41) is 0. The standard InChI is InChI=1S/C30H34O6/c1-3-5-6-7-8-9-22-34-26-18-20-28(21-19-26)36-30(32)24-12-16-27(17-13-24)35-29(31)23-10-14-25(15-11-23)33-4-2/h10-21H,3-9,22H2,1-2H3. The van der Waals surface area contributed by atoms with E-state index >= 15 is 0 Å². The van der Waals surface area contributed by atoms with Gasteiger partial charge in [-0.1, -0.05) is 39.0 Å². The highest BCUT2D eigenvalue weighted by atomic mass is 16.5. The largest absolute Gasteiger partial charge is 0.494 e. The molecule has 0 heterocycles. The van der Waals surface area contributed by atoms with Crippen molar-refractivity contribution in [3.05, 3.63) is 83.9 Å². The zero-order valence-electron chi connectivity index (χ0n) is 21.0. The van der Waals surface area contributed by atoms with E-state index in [1.54, 1.807) is 72.8 Å². The van der Waals surface area contributed by atoms with Crippen molar-refractivity contribution < 1.29 is 28.5 Å². The van der Waals surface area contributed by atoms with Crippen LogP contribution in [0.25, 0.3) is 0 Å². The zero-order chi connectivity index (χ0) is 25.6. The lowest BCUT2D eigenvalue weighted by Gasteiger charge is -2.09. The van der Waals surface area contributed by atoms with Gasteiger partial charge in [-0.05, 0) is 86.1 Å². The van der Waals surface area contributed by atoms with E-state index in [2.05, 4.69) is 6.92 Å². The van der Waals surface area contributed by atoms with Crippen LogP contribution < -0.4 is 18.9 Å². The lowest BCUT2D eigenvalue weighted by Crippen LogP contribution is -2.10. The quantitative estimate of drug-likeness (QED) is 0.134. The molecule has 0 fully saturated rings.